The molecule has 3 rings (SSSR count). The predicted molar refractivity (Wildman–Crippen MR) is 93.9 cm³/mol. The van der Waals surface area contributed by atoms with Crippen LogP contribution >= 0.6 is 0 Å². The number of nitrogens with one attached hydrogen (secondary N) is 1. The van der Waals surface area contributed by atoms with Crippen molar-refractivity contribution in [1.82, 2.24) is 4.90 Å². The molecule has 1 saturated heterocycles. The molecule has 0 spiro atoms. The molecule has 1 N–H and O–H groups in total. The normalized spacial score (nSPS) is 17.0. The Morgan fingerprint density at radius 3 is 2.83 bits per heavy atom. The number of hydrogen-bond acceptors (Lipinski definition) is 4. The number of nitrogens with zero attached hydrogens (tertiary/aromatic N) is 1. The molecule has 1 atom stereocenters. The van der Waals surface area contributed by atoms with Crippen molar-refractivity contribution in [3.8, 4) is 5.75 Å². The van der Waals surface area contributed by atoms with Crippen LogP contribution in [0.4, 0.5) is 0 Å². The third kappa shape index (κ3) is 3.57. The maximum absolute atomic E-state index is 12.3. The second-order valence-electron chi connectivity index (χ2n) is 6.04. The van der Waals surface area contributed by atoms with Crippen LogP contribution in [0.2, 0.25) is 0 Å². The summed E-state index contributed by atoms with van der Waals surface area (Å²) in [7, 11) is 1.78. The van der Waals surface area contributed by atoms with Gasteiger partial charge in [-0.05, 0) is 30.4 Å². The minimum Gasteiger partial charge on any atom is -0.483 e. The smallest absolute Gasteiger partial charge is 0.260 e. The number of fused-ring (bicyclic) bond motifs is 1. The topological polar surface area (TPSA) is 62.6 Å². The molecular weight excluding hydrogens is 304 g/mol. The molecule has 5 heteroatoms. The minimum atomic E-state index is -0.0642. The lowest BCUT2D eigenvalue weighted by atomic mass is 10.0. The Hall–Kier alpha value is -2.40. The number of ether oxygens (including phenoxy) is 2. The van der Waals surface area contributed by atoms with Gasteiger partial charge < -0.3 is 19.8 Å². The van der Waals surface area contributed by atoms with Gasteiger partial charge in [-0.25, -0.2) is 0 Å². The van der Waals surface area contributed by atoms with Gasteiger partial charge in [-0.15, -0.1) is 0 Å². The SMILES string of the molecule is CN(CC1CCCO1)C(=O)COc1ccc(C=N)c2ccccc12. The second-order valence-corrected chi connectivity index (χ2v) is 6.04. The van der Waals surface area contributed by atoms with Gasteiger partial charge in [0.2, 0.25) is 0 Å². The summed E-state index contributed by atoms with van der Waals surface area (Å²) in [5.74, 6) is 0.598. The number of benzene rings is 2. The molecule has 126 valence electrons. The Labute approximate surface area is 141 Å². The number of hydrogen-bond donors (Lipinski definition) is 1. The Bertz CT molecular complexity index is 738. The zero-order valence-electron chi connectivity index (χ0n) is 13.8. The molecule has 1 aliphatic heterocycles. The van der Waals surface area contributed by atoms with E-state index in [1.165, 1.54) is 6.21 Å². The van der Waals surface area contributed by atoms with Gasteiger partial charge in [0, 0.05) is 37.4 Å². The molecule has 2 aromatic rings. The van der Waals surface area contributed by atoms with E-state index in [9.17, 15) is 4.79 Å². The quantitative estimate of drug-likeness (QED) is 0.830. The summed E-state index contributed by atoms with van der Waals surface area (Å²) in [6, 6.07) is 11.4. The molecular formula is C19H22N2O3. The highest BCUT2D eigenvalue weighted by Crippen LogP contribution is 2.27. The fourth-order valence-electron chi connectivity index (χ4n) is 2.99. The van der Waals surface area contributed by atoms with Gasteiger partial charge in [0.25, 0.3) is 5.91 Å². The van der Waals surface area contributed by atoms with E-state index in [1.807, 2.05) is 36.4 Å². The van der Waals surface area contributed by atoms with Gasteiger partial charge in [0.1, 0.15) is 5.75 Å². The average molecular weight is 326 g/mol. The largest absolute Gasteiger partial charge is 0.483 e. The van der Waals surface area contributed by atoms with Crippen molar-refractivity contribution >= 4 is 22.9 Å². The van der Waals surface area contributed by atoms with Gasteiger partial charge in [0.05, 0.1) is 6.10 Å². The lowest BCUT2D eigenvalue weighted by Crippen LogP contribution is -2.37. The van der Waals surface area contributed by atoms with Gasteiger partial charge in [-0.2, -0.15) is 0 Å². The predicted octanol–water partition coefficient (Wildman–Crippen LogP) is 2.85. The molecule has 2 aromatic carbocycles. The van der Waals surface area contributed by atoms with E-state index in [4.69, 9.17) is 14.9 Å². The van der Waals surface area contributed by atoms with Gasteiger partial charge in [0.15, 0.2) is 6.61 Å². The fraction of sp³-hybridized carbons (Fsp3) is 0.368. The van der Waals surface area contributed by atoms with Crippen LogP contribution in [0.3, 0.4) is 0 Å². The highest BCUT2D eigenvalue weighted by atomic mass is 16.5. The first-order valence-electron chi connectivity index (χ1n) is 8.19. The standard InChI is InChI=1S/C19H22N2O3/c1-21(12-15-5-4-10-23-15)19(22)13-24-18-9-8-14(11-20)16-6-2-3-7-17(16)18/h2-3,6-9,11,15,20H,4-5,10,12-13H2,1H3. The molecule has 0 bridgehead atoms. The van der Waals surface area contributed by atoms with Crippen molar-refractivity contribution < 1.29 is 14.3 Å². The van der Waals surface area contributed by atoms with Crippen molar-refractivity contribution in [3.05, 3.63) is 42.0 Å². The number of carbonyl (C=O) groups is 1. The monoisotopic (exact) mass is 326 g/mol. The van der Waals surface area contributed by atoms with Crippen molar-refractivity contribution in [2.45, 2.75) is 18.9 Å². The molecule has 0 radical (unpaired) electrons. The van der Waals surface area contributed by atoms with E-state index in [2.05, 4.69) is 0 Å². The number of likely N-dealkylation sites (N-methyl/N-ethyl adjacent to an activating group) is 1. The third-order valence-electron chi connectivity index (χ3n) is 4.35. The molecule has 0 saturated carbocycles. The molecule has 1 heterocycles. The second kappa shape index (κ2) is 7.45. The Balaban J connectivity index is 1.67. The zero-order valence-corrected chi connectivity index (χ0v) is 13.8. The van der Waals surface area contributed by atoms with Crippen LogP contribution in [0, 0.1) is 5.41 Å². The fourth-order valence-corrected chi connectivity index (χ4v) is 2.99. The van der Waals surface area contributed by atoms with Crippen molar-refractivity contribution in [2.24, 2.45) is 0 Å². The maximum atomic E-state index is 12.3. The maximum Gasteiger partial charge on any atom is 0.260 e. The van der Waals surface area contributed by atoms with Crippen LogP contribution in [0.15, 0.2) is 36.4 Å². The molecule has 0 aromatic heterocycles. The summed E-state index contributed by atoms with van der Waals surface area (Å²) in [4.78, 5) is 13.9. The van der Waals surface area contributed by atoms with Crippen molar-refractivity contribution in [2.75, 3.05) is 26.8 Å². The van der Waals surface area contributed by atoms with Crippen LogP contribution in [-0.2, 0) is 9.53 Å². The average Bonchev–Trinajstić information content (AvgIpc) is 3.12. The van der Waals surface area contributed by atoms with E-state index in [0.29, 0.717) is 12.3 Å². The van der Waals surface area contributed by atoms with Crippen LogP contribution in [0.5, 0.6) is 5.75 Å². The third-order valence-corrected chi connectivity index (χ3v) is 4.35. The molecule has 24 heavy (non-hydrogen) atoms. The summed E-state index contributed by atoms with van der Waals surface area (Å²) in [6.45, 7) is 1.39. The molecule has 1 amide bonds. The lowest BCUT2D eigenvalue weighted by Gasteiger charge is -2.21. The molecule has 1 unspecified atom stereocenters. The zero-order chi connectivity index (χ0) is 16.9. The van der Waals surface area contributed by atoms with Crippen molar-refractivity contribution in [3.63, 3.8) is 0 Å². The van der Waals surface area contributed by atoms with Gasteiger partial charge in [-0.1, -0.05) is 24.3 Å². The van der Waals surface area contributed by atoms with Crippen LogP contribution in [0.1, 0.15) is 18.4 Å². The first kappa shape index (κ1) is 16.5. The van der Waals surface area contributed by atoms with Gasteiger partial charge in [-0.3, -0.25) is 4.79 Å². The number of rotatable bonds is 6. The Kier molecular flexibility index (Phi) is 5.11. The molecule has 1 fully saturated rings. The van der Waals surface area contributed by atoms with E-state index in [1.54, 1.807) is 11.9 Å². The molecule has 1 aliphatic rings. The summed E-state index contributed by atoms with van der Waals surface area (Å²) in [6.07, 6.45) is 3.54. The molecule has 0 aliphatic carbocycles. The Morgan fingerprint density at radius 2 is 2.12 bits per heavy atom. The van der Waals surface area contributed by atoms with E-state index < -0.39 is 0 Å². The number of carbonyl (C=O) groups excluding carboxylic acids is 1. The first-order chi connectivity index (χ1) is 11.7. The van der Waals surface area contributed by atoms with E-state index in [0.717, 1.165) is 35.8 Å². The minimum absolute atomic E-state index is 0.00283. The summed E-state index contributed by atoms with van der Waals surface area (Å²) in [5, 5.41) is 9.35. The van der Waals surface area contributed by atoms with Crippen LogP contribution in [0.25, 0.3) is 10.8 Å². The Morgan fingerprint density at radius 1 is 1.33 bits per heavy atom. The highest BCUT2D eigenvalue weighted by Gasteiger charge is 2.20. The van der Waals surface area contributed by atoms with Crippen molar-refractivity contribution in [1.29, 1.82) is 5.41 Å². The van der Waals surface area contributed by atoms with E-state index in [-0.39, 0.29) is 18.6 Å². The highest BCUT2D eigenvalue weighted by molar-refractivity contribution is 6.01. The number of amides is 1. The van der Waals surface area contributed by atoms with Crippen LogP contribution < -0.4 is 4.74 Å². The summed E-state index contributed by atoms with van der Waals surface area (Å²) < 4.78 is 11.3. The summed E-state index contributed by atoms with van der Waals surface area (Å²) in [5.41, 5.74) is 0.833. The van der Waals surface area contributed by atoms with E-state index >= 15 is 0 Å². The first-order valence-corrected chi connectivity index (χ1v) is 8.19. The summed E-state index contributed by atoms with van der Waals surface area (Å²) >= 11 is 0. The molecule has 5 nitrogen and oxygen atoms in total. The lowest BCUT2D eigenvalue weighted by molar-refractivity contribution is -0.133. The van der Waals surface area contributed by atoms with Gasteiger partial charge >= 0.3 is 0 Å². The van der Waals surface area contributed by atoms with Crippen LogP contribution in [-0.4, -0.2) is 49.9 Å².